The van der Waals surface area contributed by atoms with Gasteiger partial charge in [-0.05, 0) is 18.2 Å². The van der Waals surface area contributed by atoms with Crippen molar-refractivity contribution in [3.8, 4) is 0 Å². The topological polar surface area (TPSA) is 66.0 Å². The number of hydrogen-bond acceptors (Lipinski definition) is 3. The number of benzene rings is 1. The van der Waals surface area contributed by atoms with Crippen LogP contribution in [-0.4, -0.2) is 21.0 Å². The van der Waals surface area contributed by atoms with Crippen LogP contribution in [0.1, 0.15) is 5.82 Å². The van der Waals surface area contributed by atoms with Gasteiger partial charge >= 0.3 is 5.97 Å². The van der Waals surface area contributed by atoms with Crippen LogP contribution in [0.5, 0.6) is 0 Å². The third kappa shape index (κ3) is 2.14. The summed E-state index contributed by atoms with van der Waals surface area (Å²) in [6.07, 6.45) is 2.40. The molecule has 0 aliphatic rings. The largest absolute Gasteiger partial charge is 0.478 e. The van der Waals surface area contributed by atoms with Crippen LogP contribution < -0.4 is 0 Å². The number of aromatic nitrogens is 2. The number of aromatic amines is 1. The van der Waals surface area contributed by atoms with E-state index in [4.69, 9.17) is 17.3 Å². The second-order valence-corrected chi connectivity index (χ2v) is 3.53. The van der Waals surface area contributed by atoms with Gasteiger partial charge in [-0.25, -0.2) is 9.78 Å². The number of rotatable bonds is 2. The number of H-pyrrole nitrogens is 1. The molecule has 0 bridgehead atoms. The molecule has 2 rings (SSSR count). The van der Waals surface area contributed by atoms with Gasteiger partial charge in [0.1, 0.15) is 10.5 Å². The first kappa shape index (κ1) is 10.5. The summed E-state index contributed by atoms with van der Waals surface area (Å²) in [6.45, 7) is 0. The fraction of sp³-hybridized carbons (Fsp3) is 0. The van der Waals surface area contributed by atoms with Crippen LogP contribution >= 0.6 is 12.2 Å². The standard InChI is InChI=1S/C11H8N2O2S/c14-10(15)6-5-9-12-8-4-2-1-3-7(8)11(16)13-9/h1-6H,(H,14,15)(H,12,13,16)/b6-5+. The maximum absolute atomic E-state index is 10.4. The Kier molecular flexibility index (Phi) is 2.78. The Bertz CT molecular complexity index is 631. The predicted molar refractivity (Wildman–Crippen MR) is 63.6 cm³/mol. The zero-order chi connectivity index (χ0) is 11.5. The summed E-state index contributed by atoms with van der Waals surface area (Å²) in [5, 5.41) is 9.35. The highest BCUT2D eigenvalue weighted by Crippen LogP contribution is 2.12. The van der Waals surface area contributed by atoms with Crippen molar-refractivity contribution >= 4 is 35.2 Å². The molecule has 1 aromatic heterocycles. The summed E-state index contributed by atoms with van der Waals surface area (Å²) in [7, 11) is 0. The molecule has 0 unspecified atom stereocenters. The molecule has 80 valence electrons. The number of fused-ring (bicyclic) bond motifs is 1. The van der Waals surface area contributed by atoms with Crippen LogP contribution in [-0.2, 0) is 4.79 Å². The van der Waals surface area contributed by atoms with E-state index in [9.17, 15) is 4.79 Å². The lowest BCUT2D eigenvalue weighted by molar-refractivity contribution is -0.131. The zero-order valence-electron chi connectivity index (χ0n) is 8.18. The first-order valence-electron chi connectivity index (χ1n) is 4.57. The highest BCUT2D eigenvalue weighted by molar-refractivity contribution is 7.71. The van der Waals surface area contributed by atoms with Gasteiger partial charge in [-0.1, -0.05) is 24.4 Å². The number of aliphatic carboxylic acids is 1. The number of carboxylic acid groups (broad SMARTS) is 1. The van der Waals surface area contributed by atoms with Gasteiger partial charge in [0.15, 0.2) is 0 Å². The average Bonchev–Trinajstić information content (AvgIpc) is 2.26. The number of para-hydroxylation sites is 1. The highest BCUT2D eigenvalue weighted by atomic mass is 32.1. The summed E-state index contributed by atoms with van der Waals surface area (Å²) in [5.41, 5.74) is 0.840. The smallest absolute Gasteiger partial charge is 0.328 e. The molecule has 1 heterocycles. The van der Waals surface area contributed by atoms with E-state index < -0.39 is 5.97 Å². The zero-order valence-corrected chi connectivity index (χ0v) is 8.99. The third-order valence-electron chi connectivity index (χ3n) is 2.03. The predicted octanol–water partition coefficient (Wildman–Crippen LogP) is 2.39. The van der Waals surface area contributed by atoms with E-state index in [1.165, 1.54) is 6.08 Å². The Balaban J connectivity index is 2.58. The molecule has 0 saturated carbocycles. The molecule has 5 heteroatoms. The fourth-order valence-electron chi connectivity index (χ4n) is 1.34. The molecule has 1 aromatic carbocycles. The Morgan fingerprint density at radius 3 is 2.94 bits per heavy atom. The SMILES string of the molecule is O=C(O)/C=C/c1nc(=S)c2ccccc2[nH]1. The van der Waals surface area contributed by atoms with Crippen LogP contribution in [0.25, 0.3) is 17.0 Å². The molecule has 2 aromatic rings. The van der Waals surface area contributed by atoms with Crippen molar-refractivity contribution in [3.63, 3.8) is 0 Å². The lowest BCUT2D eigenvalue weighted by Crippen LogP contribution is -1.92. The van der Waals surface area contributed by atoms with Crippen molar-refractivity contribution in [2.45, 2.75) is 0 Å². The van der Waals surface area contributed by atoms with Gasteiger partial charge in [0, 0.05) is 17.0 Å². The number of nitrogens with one attached hydrogen (secondary N) is 1. The molecule has 0 aliphatic heterocycles. The second kappa shape index (κ2) is 4.24. The number of hydrogen-bond donors (Lipinski definition) is 2. The van der Waals surface area contributed by atoms with Crippen molar-refractivity contribution in [3.05, 3.63) is 40.8 Å². The monoisotopic (exact) mass is 232 g/mol. The quantitative estimate of drug-likeness (QED) is 0.616. The van der Waals surface area contributed by atoms with Crippen LogP contribution in [0.3, 0.4) is 0 Å². The Labute approximate surface area is 96.3 Å². The van der Waals surface area contributed by atoms with E-state index in [0.29, 0.717) is 10.5 Å². The van der Waals surface area contributed by atoms with Crippen molar-refractivity contribution in [1.82, 2.24) is 9.97 Å². The highest BCUT2D eigenvalue weighted by Gasteiger charge is 1.98. The Morgan fingerprint density at radius 1 is 1.44 bits per heavy atom. The first-order valence-corrected chi connectivity index (χ1v) is 4.98. The van der Waals surface area contributed by atoms with Gasteiger partial charge in [-0.2, -0.15) is 0 Å². The van der Waals surface area contributed by atoms with Gasteiger partial charge in [0.25, 0.3) is 0 Å². The summed E-state index contributed by atoms with van der Waals surface area (Å²) < 4.78 is 0.458. The summed E-state index contributed by atoms with van der Waals surface area (Å²) >= 11 is 5.11. The molecule has 16 heavy (non-hydrogen) atoms. The van der Waals surface area contributed by atoms with Crippen molar-refractivity contribution < 1.29 is 9.90 Å². The lowest BCUT2D eigenvalue weighted by atomic mass is 10.2. The van der Waals surface area contributed by atoms with Gasteiger partial charge in [-0.3, -0.25) is 0 Å². The Hall–Kier alpha value is -2.01. The van der Waals surface area contributed by atoms with Crippen LogP contribution in [0, 0.1) is 4.64 Å². The molecule has 0 fully saturated rings. The number of nitrogens with zero attached hydrogens (tertiary/aromatic N) is 1. The molecule has 0 spiro atoms. The van der Waals surface area contributed by atoms with Gasteiger partial charge in [0.05, 0.1) is 0 Å². The van der Waals surface area contributed by atoms with E-state index in [1.54, 1.807) is 0 Å². The van der Waals surface area contributed by atoms with Gasteiger partial charge in [0.2, 0.25) is 0 Å². The molecule has 0 aliphatic carbocycles. The third-order valence-corrected chi connectivity index (χ3v) is 2.34. The Morgan fingerprint density at radius 2 is 2.19 bits per heavy atom. The van der Waals surface area contributed by atoms with Gasteiger partial charge < -0.3 is 10.1 Å². The summed E-state index contributed by atoms with van der Waals surface area (Å²) in [6, 6.07) is 7.48. The minimum Gasteiger partial charge on any atom is -0.478 e. The fourth-order valence-corrected chi connectivity index (χ4v) is 1.62. The van der Waals surface area contributed by atoms with Crippen LogP contribution in [0.4, 0.5) is 0 Å². The van der Waals surface area contributed by atoms with Crippen molar-refractivity contribution in [1.29, 1.82) is 0 Å². The van der Waals surface area contributed by atoms with Crippen LogP contribution in [0.15, 0.2) is 30.3 Å². The summed E-state index contributed by atoms with van der Waals surface area (Å²) in [4.78, 5) is 17.4. The average molecular weight is 232 g/mol. The van der Waals surface area contributed by atoms with E-state index >= 15 is 0 Å². The second-order valence-electron chi connectivity index (χ2n) is 3.14. The molecule has 0 saturated heterocycles. The normalized spacial score (nSPS) is 11.0. The first-order chi connectivity index (χ1) is 7.66. The molecule has 0 amide bonds. The molecular weight excluding hydrogens is 224 g/mol. The minimum atomic E-state index is -1.02. The molecule has 4 nitrogen and oxygen atoms in total. The molecular formula is C11H8N2O2S. The van der Waals surface area contributed by atoms with E-state index in [-0.39, 0.29) is 0 Å². The van der Waals surface area contributed by atoms with Crippen LogP contribution in [0.2, 0.25) is 0 Å². The molecule has 0 atom stereocenters. The number of carboxylic acids is 1. The lowest BCUT2D eigenvalue weighted by Gasteiger charge is -1.99. The van der Waals surface area contributed by atoms with Crippen molar-refractivity contribution in [2.75, 3.05) is 0 Å². The molecule has 0 radical (unpaired) electrons. The maximum Gasteiger partial charge on any atom is 0.328 e. The van der Waals surface area contributed by atoms with E-state index in [2.05, 4.69) is 9.97 Å². The summed E-state index contributed by atoms with van der Waals surface area (Å²) in [5.74, 6) is -0.583. The van der Waals surface area contributed by atoms with E-state index in [1.807, 2.05) is 24.3 Å². The maximum atomic E-state index is 10.4. The van der Waals surface area contributed by atoms with Gasteiger partial charge in [-0.15, -0.1) is 0 Å². The minimum absolute atomic E-state index is 0.436. The van der Waals surface area contributed by atoms with E-state index in [0.717, 1.165) is 17.0 Å². The van der Waals surface area contributed by atoms with Crippen molar-refractivity contribution in [2.24, 2.45) is 0 Å². The number of carbonyl (C=O) groups is 1. The molecule has 2 N–H and O–H groups in total.